The Bertz CT molecular complexity index is 981. The normalized spacial score (nSPS) is 16.2. The predicted octanol–water partition coefficient (Wildman–Crippen LogP) is 2.92. The fraction of sp³-hybridized carbons (Fsp3) is 0.385. The molecule has 2 aromatic rings. The average Bonchev–Trinajstić information content (AvgIpc) is 3.08. The molecule has 7 heteroatoms. The van der Waals surface area contributed by atoms with Crippen LogP contribution in [0.5, 0.6) is 5.75 Å². The number of ether oxygens (including phenoxy) is 2. The number of likely N-dealkylation sites (N-methyl/N-ethyl adjacent to an activating group) is 1. The summed E-state index contributed by atoms with van der Waals surface area (Å²) >= 11 is 0. The Kier molecular flexibility index (Phi) is 7.42. The van der Waals surface area contributed by atoms with E-state index in [9.17, 15) is 9.59 Å². The molecule has 33 heavy (non-hydrogen) atoms. The zero-order valence-electron chi connectivity index (χ0n) is 19.1. The van der Waals surface area contributed by atoms with Crippen LogP contribution in [-0.4, -0.2) is 67.6 Å². The third-order valence-corrected chi connectivity index (χ3v) is 6.26. The van der Waals surface area contributed by atoms with Crippen molar-refractivity contribution in [3.8, 4) is 5.75 Å². The van der Waals surface area contributed by atoms with Gasteiger partial charge in [-0.25, -0.2) is 0 Å². The summed E-state index contributed by atoms with van der Waals surface area (Å²) < 4.78 is 11.4. The van der Waals surface area contributed by atoms with E-state index in [4.69, 9.17) is 9.47 Å². The highest BCUT2D eigenvalue weighted by Crippen LogP contribution is 2.30. The lowest BCUT2D eigenvalue weighted by atomic mass is 10.1. The van der Waals surface area contributed by atoms with Crippen molar-refractivity contribution in [2.24, 2.45) is 0 Å². The smallest absolute Gasteiger partial charge is 0.259 e. The number of nitrogens with zero attached hydrogens (tertiary/aromatic N) is 2. The van der Waals surface area contributed by atoms with Gasteiger partial charge >= 0.3 is 0 Å². The summed E-state index contributed by atoms with van der Waals surface area (Å²) in [5.74, 6) is 0.356. The number of rotatable bonds is 9. The molecule has 0 spiro atoms. The zero-order valence-corrected chi connectivity index (χ0v) is 19.1. The first-order chi connectivity index (χ1) is 16.0. The predicted molar refractivity (Wildman–Crippen MR) is 127 cm³/mol. The van der Waals surface area contributed by atoms with E-state index in [-0.39, 0.29) is 18.4 Å². The van der Waals surface area contributed by atoms with Gasteiger partial charge in [-0.15, -0.1) is 0 Å². The molecule has 174 valence electrons. The summed E-state index contributed by atoms with van der Waals surface area (Å²) in [6.07, 6.45) is 2.13. The van der Waals surface area contributed by atoms with E-state index >= 15 is 0 Å². The van der Waals surface area contributed by atoms with Gasteiger partial charge in [-0.05, 0) is 43.7 Å². The largest absolute Gasteiger partial charge is 0.492 e. The van der Waals surface area contributed by atoms with Gasteiger partial charge < -0.3 is 14.8 Å². The molecule has 2 aliphatic heterocycles. The van der Waals surface area contributed by atoms with Crippen LogP contribution in [0.15, 0.2) is 55.1 Å². The first kappa shape index (κ1) is 23.0. The highest BCUT2D eigenvalue weighted by molar-refractivity contribution is 6.10. The fourth-order valence-electron chi connectivity index (χ4n) is 4.26. The molecule has 1 N–H and O–H groups in total. The maximum Gasteiger partial charge on any atom is 0.259 e. The van der Waals surface area contributed by atoms with Crippen LogP contribution in [0.25, 0.3) is 5.70 Å². The van der Waals surface area contributed by atoms with Crippen molar-refractivity contribution in [1.29, 1.82) is 0 Å². The van der Waals surface area contributed by atoms with Gasteiger partial charge in [0, 0.05) is 49.2 Å². The summed E-state index contributed by atoms with van der Waals surface area (Å²) in [6.45, 7) is 7.40. The zero-order chi connectivity index (χ0) is 23.2. The average molecular weight is 450 g/mol. The minimum absolute atomic E-state index is 0.0545. The Hall–Kier alpha value is -3.16. The SMILES string of the molecule is C=C1c2ccccc2C(=O)N1CC(=O)NCc1cccc(OCCN(C)C2CCOCC2)c1. The highest BCUT2D eigenvalue weighted by atomic mass is 16.5. The van der Waals surface area contributed by atoms with Crippen molar-refractivity contribution in [2.45, 2.75) is 25.4 Å². The third-order valence-electron chi connectivity index (χ3n) is 6.26. The molecule has 2 aliphatic rings. The Labute approximate surface area is 195 Å². The molecule has 2 aromatic carbocycles. The van der Waals surface area contributed by atoms with Gasteiger partial charge in [0.15, 0.2) is 0 Å². The number of fused-ring (bicyclic) bond motifs is 1. The maximum atomic E-state index is 12.6. The Morgan fingerprint density at radius 2 is 1.94 bits per heavy atom. The third kappa shape index (κ3) is 5.61. The molecule has 2 amide bonds. The van der Waals surface area contributed by atoms with Crippen molar-refractivity contribution in [3.05, 3.63) is 71.8 Å². The van der Waals surface area contributed by atoms with Crippen LogP contribution < -0.4 is 10.1 Å². The summed E-state index contributed by atoms with van der Waals surface area (Å²) in [5, 5.41) is 2.89. The number of carbonyl (C=O) groups excluding carboxylic acids is 2. The molecule has 2 heterocycles. The van der Waals surface area contributed by atoms with Crippen LogP contribution in [0.2, 0.25) is 0 Å². The number of nitrogens with one attached hydrogen (secondary N) is 1. The minimum atomic E-state index is -0.235. The lowest BCUT2D eigenvalue weighted by Gasteiger charge is -2.31. The quantitative estimate of drug-likeness (QED) is 0.638. The summed E-state index contributed by atoms with van der Waals surface area (Å²) in [4.78, 5) is 28.8. The second kappa shape index (κ2) is 10.6. The first-order valence-corrected chi connectivity index (χ1v) is 11.4. The Balaban J connectivity index is 1.23. The molecular weight excluding hydrogens is 418 g/mol. The van der Waals surface area contributed by atoms with E-state index in [0.717, 1.165) is 49.5 Å². The summed E-state index contributed by atoms with van der Waals surface area (Å²) in [6, 6.07) is 15.5. The van der Waals surface area contributed by atoms with Crippen LogP contribution in [-0.2, 0) is 16.1 Å². The number of benzene rings is 2. The molecule has 0 saturated carbocycles. The molecule has 1 fully saturated rings. The molecule has 0 aliphatic carbocycles. The molecular formula is C26H31N3O4. The van der Waals surface area contributed by atoms with Crippen molar-refractivity contribution >= 4 is 17.5 Å². The van der Waals surface area contributed by atoms with Gasteiger partial charge in [0.05, 0.1) is 0 Å². The van der Waals surface area contributed by atoms with E-state index < -0.39 is 0 Å². The first-order valence-electron chi connectivity index (χ1n) is 11.4. The van der Waals surface area contributed by atoms with E-state index in [0.29, 0.717) is 30.5 Å². The van der Waals surface area contributed by atoms with Crippen molar-refractivity contribution < 1.29 is 19.1 Å². The van der Waals surface area contributed by atoms with Gasteiger partial charge in [0.25, 0.3) is 5.91 Å². The van der Waals surface area contributed by atoms with Crippen molar-refractivity contribution in [2.75, 3.05) is 40.0 Å². The molecule has 0 bridgehead atoms. The van der Waals surface area contributed by atoms with Crippen LogP contribution in [0, 0.1) is 0 Å². The molecule has 0 aromatic heterocycles. The fourth-order valence-corrected chi connectivity index (χ4v) is 4.26. The van der Waals surface area contributed by atoms with Crippen LogP contribution in [0.1, 0.15) is 34.3 Å². The van der Waals surface area contributed by atoms with E-state index in [1.54, 1.807) is 6.07 Å². The molecule has 1 saturated heterocycles. The molecule has 0 atom stereocenters. The second-order valence-corrected chi connectivity index (χ2v) is 8.48. The molecule has 7 nitrogen and oxygen atoms in total. The second-order valence-electron chi connectivity index (χ2n) is 8.48. The van der Waals surface area contributed by atoms with Gasteiger partial charge in [-0.1, -0.05) is 36.9 Å². The van der Waals surface area contributed by atoms with E-state index in [1.165, 1.54) is 4.90 Å². The van der Waals surface area contributed by atoms with Gasteiger partial charge in [0.1, 0.15) is 18.9 Å². The monoisotopic (exact) mass is 449 g/mol. The van der Waals surface area contributed by atoms with Gasteiger partial charge in [-0.3, -0.25) is 19.4 Å². The number of hydrogen-bond donors (Lipinski definition) is 1. The number of carbonyl (C=O) groups is 2. The number of hydrogen-bond acceptors (Lipinski definition) is 5. The number of amides is 2. The van der Waals surface area contributed by atoms with Crippen LogP contribution in [0.3, 0.4) is 0 Å². The lowest BCUT2D eigenvalue weighted by molar-refractivity contribution is -0.121. The van der Waals surface area contributed by atoms with Crippen molar-refractivity contribution in [1.82, 2.24) is 15.1 Å². The van der Waals surface area contributed by atoms with Gasteiger partial charge in [0.2, 0.25) is 5.91 Å². The lowest BCUT2D eigenvalue weighted by Crippen LogP contribution is -2.38. The topological polar surface area (TPSA) is 71.1 Å². The highest BCUT2D eigenvalue weighted by Gasteiger charge is 2.31. The molecule has 0 unspecified atom stereocenters. The van der Waals surface area contributed by atoms with E-state index in [1.807, 2.05) is 42.5 Å². The standard InChI is InChI=1S/C26H31N3O4/c1-19-23-8-3-4-9-24(23)26(31)29(19)18-25(30)27-17-20-6-5-7-22(16-20)33-15-12-28(2)21-10-13-32-14-11-21/h3-9,16,21H,1,10-15,17-18H2,2H3,(H,27,30). The summed E-state index contributed by atoms with van der Waals surface area (Å²) in [7, 11) is 2.13. The van der Waals surface area contributed by atoms with E-state index in [2.05, 4.69) is 23.8 Å². The maximum absolute atomic E-state index is 12.6. The van der Waals surface area contributed by atoms with Gasteiger partial charge in [-0.2, -0.15) is 0 Å². The Morgan fingerprint density at radius 3 is 2.70 bits per heavy atom. The minimum Gasteiger partial charge on any atom is -0.492 e. The molecule has 4 rings (SSSR count). The molecule has 0 radical (unpaired) electrons. The van der Waals surface area contributed by atoms with Crippen LogP contribution in [0.4, 0.5) is 0 Å². The van der Waals surface area contributed by atoms with Crippen LogP contribution >= 0.6 is 0 Å². The summed E-state index contributed by atoms with van der Waals surface area (Å²) in [5.41, 5.74) is 2.87. The Morgan fingerprint density at radius 1 is 1.18 bits per heavy atom. The van der Waals surface area contributed by atoms with Crippen molar-refractivity contribution in [3.63, 3.8) is 0 Å².